The highest BCUT2D eigenvalue weighted by atomic mass is 32.1. The highest BCUT2D eigenvalue weighted by molar-refractivity contribution is 7.16. The smallest absolute Gasteiger partial charge is 0.383 e. The molecule has 14 heteroatoms. The Morgan fingerprint density at radius 1 is 1.24 bits per heavy atom. The number of aliphatic hydroxyl groups is 1. The molecule has 0 aliphatic carbocycles. The summed E-state index contributed by atoms with van der Waals surface area (Å²) in [6, 6.07) is 2.00. The molecule has 10 nitrogen and oxygen atoms in total. The molecule has 0 bridgehead atoms. The van der Waals surface area contributed by atoms with Crippen molar-refractivity contribution in [1.82, 2.24) is 34.3 Å². The summed E-state index contributed by atoms with van der Waals surface area (Å²) in [5.74, 6) is 4.70. The van der Waals surface area contributed by atoms with Gasteiger partial charge in [-0.25, -0.2) is 29.2 Å². The quantitative estimate of drug-likeness (QED) is 0.342. The molecule has 5 aromatic heterocycles. The number of alkyl halides is 3. The molecule has 5 rings (SSSR count). The number of fused-ring (bicyclic) bond motifs is 2. The second-order valence-electron chi connectivity index (χ2n) is 8.05. The molecule has 5 heterocycles. The molecule has 0 radical (unpaired) electrons. The Kier molecular flexibility index (Phi) is 5.89. The van der Waals surface area contributed by atoms with Crippen LogP contribution >= 0.6 is 11.3 Å². The van der Waals surface area contributed by atoms with Crippen LogP contribution in [0.1, 0.15) is 29.6 Å². The third kappa shape index (κ3) is 4.28. The molecule has 0 aromatic carbocycles. The maximum absolute atomic E-state index is 13.9. The number of hydrogen-bond donors (Lipinski definition) is 2. The normalized spacial score (nSPS) is 12.6. The number of nitrogens with two attached hydrogens (primary N) is 1. The van der Waals surface area contributed by atoms with E-state index in [-0.39, 0.29) is 34.9 Å². The van der Waals surface area contributed by atoms with Gasteiger partial charge in [-0.1, -0.05) is 5.92 Å². The molecule has 0 aliphatic rings. The maximum atomic E-state index is 13.9. The van der Waals surface area contributed by atoms with Crippen molar-refractivity contribution >= 4 is 38.4 Å². The number of aryl methyl sites for hydroxylation is 1. The third-order valence-electron chi connectivity index (χ3n) is 5.41. The Hall–Kier alpha value is -4.35. The van der Waals surface area contributed by atoms with E-state index in [2.05, 4.69) is 36.9 Å². The van der Waals surface area contributed by atoms with Gasteiger partial charge in [0.1, 0.15) is 41.1 Å². The number of rotatable bonds is 3. The molecule has 0 saturated carbocycles. The zero-order valence-corrected chi connectivity index (χ0v) is 20.1. The minimum atomic E-state index is -4.78. The van der Waals surface area contributed by atoms with E-state index in [1.807, 2.05) is 0 Å². The minimum Gasteiger partial charge on any atom is -0.383 e. The Morgan fingerprint density at radius 3 is 2.76 bits per heavy atom. The van der Waals surface area contributed by atoms with E-state index >= 15 is 0 Å². The molecule has 0 spiro atoms. The lowest BCUT2D eigenvalue weighted by molar-refractivity contribution is -0.137. The number of aliphatic hydroxyl groups excluding tert-OH is 1. The van der Waals surface area contributed by atoms with Gasteiger partial charge in [-0.3, -0.25) is 4.79 Å². The number of thiophene rings is 1. The van der Waals surface area contributed by atoms with Crippen molar-refractivity contribution in [3.8, 4) is 17.7 Å². The Morgan fingerprint density at radius 2 is 2.03 bits per heavy atom. The first kappa shape index (κ1) is 24.3. The van der Waals surface area contributed by atoms with Crippen molar-refractivity contribution in [2.75, 3.05) is 5.73 Å². The van der Waals surface area contributed by atoms with Crippen LogP contribution in [0.25, 0.3) is 27.1 Å². The lowest BCUT2D eigenvalue weighted by atomic mass is 10.2. The van der Waals surface area contributed by atoms with Crippen LogP contribution in [0.2, 0.25) is 0 Å². The molecule has 188 valence electrons. The van der Waals surface area contributed by atoms with Crippen LogP contribution in [0, 0.1) is 18.8 Å². The van der Waals surface area contributed by atoms with Crippen molar-refractivity contribution < 1.29 is 18.3 Å². The highest BCUT2D eigenvalue weighted by Gasteiger charge is 2.36. The van der Waals surface area contributed by atoms with Crippen molar-refractivity contribution in [2.45, 2.75) is 32.7 Å². The van der Waals surface area contributed by atoms with Crippen LogP contribution in [0.4, 0.5) is 19.0 Å². The number of hydrogen-bond acceptors (Lipinski definition) is 9. The molecule has 3 N–H and O–H groups in total. The van der Waals surface area contributed by atoms with Crippen LogP contribution < -0.4 is 11.3 Å². The van der Waals surface area contributed by atoms with Gasteiger partial charge in [-0.05, 0) is 42.8 Å². The van der Waals surface area contributed by atoms with Gasteiger partial charge < -0.3 is 10.8 Å². The van der Waals surface area contributed by atoms with E-state index in [0.717, 1.165) is 16.7 Å². The summed E-state index contributed by atoms with van der Waals surface area (Å²) in [4.78, 5) is 30.6. The second kappa shape index (κ2) is 8.95. The van der Waals surface area contributed by atoms with E-state index in [9.17, 15) is 23.1 Å². The van der Waals surface area contributed by atoms with Gasteiger partial charge in [0.25, 0.3) is 5.56 Å². The standard InChI is InChI=1S/C23H17F3N8O2S/c1-11-9-37-21-16(11)22(36)34(19-13(23(24,25)26)4-3-7-28-19)15(31-21)8-33-20-17(18(27)29-10-30-20)14(32-33)6-5-12(2)35/h3-4,7,9-10,12,35H,8H2,1-2H3,(H2,27,29,30)/t12-/m1/s1. The monoisotopic (exact) mass is 526 g/mol. The highest BCUT2D eigenvalue weighted by Crippen LogP contribution is 2.33. The molecule has 0 aliphatic heterocycles. The molecular formula is C23H17F3N8O2S. The first-order valence-electron chi connectivity index (χ1n) is 10.7. The van der Waals surface area contributed by atoms with Crippen LogP contribution in [-0.2, 0) is 12.7 Å². The molecule has 0 unspecified atom stereocenters. The number of anilines is 1. The van der Waals surface area contributed by atoms with Gasteiger partial charge in [0.05, 0.1) is 16.3 Å². The van der Waals surface area contributed by atoms with Gasteiger partial charge in [0.15, 0.2) is 11.5 Å². The lowest BCUT2D eigenvalue weighted by Gasteiger charge is -2.16. The summed E-state index contributed by atoms with van der Waals surface area (Å²) in [6.07, 6.45) is -3.35. The Labute approximate surface area is 210 Å². The number of nitrogens with zero attached hydrogens (tertiary/aromatic N) is 7. The van der Waals surface area contributed by atoms with Crippen LogP contribution in [0.3, 0.4) is 0 Å². The van der Waals surface area contributed by atoms with Crippen LogP contribution in [0.15, 0.2) is 34.8 Å². The van der Waals surface area contributed by atoms with Gasteiger partial charge in [0, 0.05) is 6.20 Å². The van der Waals surface area contributed by atoms with Gasteiger partial charge in [-0.15, -0.1) is 11.3 Å². The number of nitrogen functional groups attached to an aromatic ring is 1. The second-order valence-corrected chi connectivity index (χ2v) is 8.91. The summed E-state index contributed by atoms with van der Waals surface area (Å²) in [6.45, 7) is 2.89. The largest absolute Gasteiger partial charge is 0.419 e. The van der Waals surface area contributed by atoms with Gasteiger partial charge >= 0.3 is 6.18 Å². The summed E-state index contributed by atoms with van der Waals surface area (Å²) in [5, 5.41) is 16.2. The molecule has 0 fully saturated rings. The number of halogens is 3. The summed E-state index contributed by atoms with van der Waals surface area (Å²) in [7, 11) is 0. The van der Waals surface area contributed by atoms with Crippen molar-refractivity contribution in [1.29, 1.82) is 0 Å². The molecule has 0 amide bonds. The van der Waals surface area contributed by atoms with Crippen molar-refractivity contribution in [2.24, 2.45) is 0 Å². The number of pyridine rings is 1. The fraction of sp³-hybridized carbons (Fsp3) is 0.217. The van der Waals surface area contributed by atoms with Gasteiger partial charge in [0.2, 0.25) is 0 Å². The fourth-order valence-corrected chi connectivity index (χ4v) is 4.76. The van der Waals surface area contributed by atoms with E-state index in [1.165, 1.54) is 35.5 Å². The van der Waals surface area contributed by atoms with Crippen molar-refractivity contribution in [3.63, 3.8) is 0 Å². The van der Waals surface area contributed by atoms with Crippen molar-refractivity contribution in [3.05, 3.63) is 63.0 Å². The van der Waals surface area contributed by atoms with E-state index in [0.29, 0.717) is 15.8 Å². The van der Waals surface area contributed by atoms with E-state index in [4.69, 9.17) is 5.73 Å². The summed E-state index contributed by atoms with van der Waals surface area (Å²) in [5.41, 5.74) is 5.21. The zero-order chi connectivity index (χ0) is 26.5. The zero-order valence-electron chi connectivity index (χ0n) is 19.3. The van der Waals surface area contributed by atoms with Gasteiger partial charge in [-0.2, -0.15) is 18.3 Å². The predicted octanol–water partition coefficient (Wildman–Crippen LogP) is 2.67. The fourth-order valence-electron chi connectivity index (χ4n) is 3.83. The topological polar surface area (TPSA) is 138 Å². The summed E-state index contributed by atoms with van der Waals surface area (Å²) < 4.78 is 43.9. The molecule has 5 aromatic rings. The van der Waals surface area contributed by atoms with E-state index in [1.54, 1.807) is 12.3 Å². The first-order chi connectivity index (χ1) is 17.6. The number of aromatic nitrogens is 7. The Balaban J connectivity index is 1.79. The average Bonchev–Trinajstić information content (AvgIpc) is 3.38. The third-order valence-corrected chi connectivity index (χ3v) is 6.40. The molecule has 1 atom stereocenters. The van der Waals surface area contributed by atoms with Crippen LogP contribution in [-0.4, -0.2) is 45.5 Å². The first-order valence-corrected chi connectivity index (χ1v) is 11.6. The molecule has 0 saturated heterocycles. The van der Waals surface area contributed by atoms with E-state index < -0.39 is 29.2 Å². The Bertz CT molecular complexity index is 1790. The van der Waals surface area contributed by atoms with Crippen LogP contribution in [0.5, 0.6) is 0 Å². The summed E-state index contributed by atoms with van der Waals surface area (Å²) >= 11 is 1.20. The lowest BCUT2D eigenvalue weighted by Crippen LogP contribution is -2.28. The maximum Gasteiger partial charge on any atom is 0.419 e. The molecule has 37 heavy (non-hydrogen) atoms. The molecular weight excluding hydrogens is 509 g/mol. The average molecular weight is 527 g/mol. The SMILES string of the molecule is Cc1csc2nc(Cn3nc(C#C[C@@H](C)O)c4c(N)ncnc43)n(-c3ncccc3C(F)(F)F)c(=O)c12. The minimum absolute atomic E-state index is 0.0554. The predicted molar refractivity (Wildman–Crippen MR) is 130 cm³/mol.